The Bertz CT molecular complexity index is 637. The Morgan fingerprint density at radius 2 is 1.72 bits per heavy atom. The molecule has 1 heterocycles. The third kappa shape index (κ3) is 5.03. The first-order valence-electron chi connectivity index (χ1n) is 9.07. The molecule has 1 N–H and O–H groups in total. The smallest absolute Gasteiger partial charge is 0.123 e. The number of hydrogen-bond acceptors (Lipinski definition) is 3. The molecule has 0 unspecified atom stereocenters. The normalized spacial score (nSPS) is 17.4. The summed E-state index contributed by atoms with van der Waals surface area (Å²) in [4.78, 5) is 2.49. The number of hydrogen-bond donors (Lipinski definition) is 1. The van der Waals surface area contributed by atoms with Gasteiger partial charge in [0.2, 0.25) is 0 Å². The van der Waals surface area contributed by atoms with Crippen LogP contribution >= 0.6 is 0 Å². The summed E-state index contributed by atoms with van der Waals surface area (Å²) in [7, 11) is 0. The molecule has 1 aliphatic heterocycles. The minimum absolute atomic E-state index is 0.0823. The maximum Gasteiger partial charge on any atom is 0.123 e. The Labute approximate surface area is 149 Å². The topological polar surface area (TPSA) is 24.5 Å². The van der Waals surface area contributed by atoms with E-state index >= 15 is 0 Å². The molecule has 3 nitrogen and oxygen atoms in total. The van der Waals surface area contributed by atoms with Gasteiger partial charge >= 0.3 is 0 Å². The highest BCUT2D eigenvalue weighted by Crippen LogP contribution is 2.28. The van der Waals surface area contributed by atoms with Gasteiger partial charge in [0.1, 0.15) is 5.82 Å². The molecule has 2 aromatic rings. The summed E-state index contributed by atoms with van der Waals surface area (Å²) >= 11 is 0. The van der Waals surface area contributed by atoms with Crippen molar-refractivity contribution >= 4 is 5.69 Å². The van der Waals surface area contributed by atoms with Crippen LogP contribution in [0.15, 0.2) is 54.6 Å². The zero-order chi connectivity index (χ0) is 17.5. The van der Waals surface area contributed by atoms with Crippen molar-refractivity contribution in [2.75, 3.05) is 31.6 Å². The lowest BCUT2D eigenvalue weighted by molar-refractivity contribution is 0.0631. The van der Waals surface area contributed by atoms with Crippen LogP contribution in [0, 0.1) is 5.82 Å². The molecule has 134 valence electrons. The lowest BCUT2D eigenvalue weighted by Gasteiger charge is -2.43. The van der Waals surface area contributed by atoms with Crippen LogP contribution in [0.1, 0.15) is 25.3 Å². The van der Waals surface area contributed by atoms with Crippen LogP contribution in [0.3, 0.4) is 0 Å². The van der Waals surface area contributed by atoms with Gasteiger partial charge in [0.15, 0.2) is 0 Å². The van der Waals surface area contributed by atoms with Gasteiger partial charge in [0, 0.05) is 31.9 Å². The van der Waals surface area contributed by atoms with Crippen LogP contribution in [-0.2, 0) is 11.3 Å². The molecule has 0 spiro atoms. The maximum absolute atomic E-state index is 13.2. The first-order chi connectivity index (χ1) is 12.2. The lowest BCUT2D eigenvalue weighted by atomic mass is 9.87. The van der Waals surface area contributed by atoms with Gasteiger partial charge in [0.25, 0.3) is 0 Å². The molecular weight excluding hydrogens is 315 g/mol. The third-order valence-corrected chi connectivity index (χ3v) is 4.90. The van der Waals surface area contributed by atoms with E-state index in [2.05, 4.69) is 40.5 Å². The first-order valence-corrected chi connectivity index (χ1v) is 9.07. The zero-order valence-electron chi connectivity index (χ0n) is 14.9. The number of likely N-dealkylation sites (tertiary alicyclic amines) is 1. The van der Waals surface area contributed by atoms with Crippen LogP contribution in [0.2, 0.25) is 0 Å². The molecule has 2 aromatic carbocycles. The predicted molar refractivity (Wildman–Crippen MR) is 100 cm³/mol. The second-order valence-electron chi connectivity index (χ2n) is 6.81. The Hall–Kier alpha value is -1.91. The summed E-state index contributed by atoms with van der Waals surface area (Å²) in [6, 6.07) is 17.2. The Balaban J connectivity index is 1.63. The fourth-order valence-corrected chi connectivity index (χ4v) is 3.42. The quantitative estimate of drug-likeness (QED) is 0.811. The van der Waals surface area contributed by atoms with E-state index in [0.717, 1.165) is 38.2 Å². The molecule has 0 saturated carbocycles. The van der Waals surface area contributed by atoms with Gasteiger partial charge in [-0.05, 0) is 49.6 Å². The minimum atomic E-state index is -0.206. The van der Waals surface area contributed by atoms with Gasteiger partial charge in [0.05, 0.1) is 12.1 Å². The standard InChI is InChI=1S/C21H27FN2O/c1-2-25-17-21(23-20-10-8-19(22)9-11-20)12-14-24(15-13-21)16-18-6-4-3-5-7-18/h3-11,23H,2,12-17H2,1H3. The van der Waals surface area contributed by atoms with E-state index in [0.29, 0.717) is 13.2 Å². The highest BCUT2D eigenvalue weighted by Gasteiger charge is 2.34. The summed E-state index contributed by atoms with van der Waals surface area (Å²) in [5.41, 5.74) is 2.23. The largest absolute Gasteiger partial charge is 0.379 e. The number of nitrogens with zero attached hydrogens (tertiary/aromatic N) is 1. The number of piperidine rings is 1. The molecule has 1 saturated heterocycles. The molecule has 25 heavy (non-hydrogen) atoms. The average molecular weight is 342 g/mol. The Morgan fingerprint density at radius 3 is 2.36 bits per heavy atom. The summed E-state index contributed by atoms with van der Waals surface area (Å²) < 4.78 is 18.9. The van der Waals surface area contributed by atoms with E-state index in [1.54, 1.807) is 12.1 Å². The van der Waals surface area contributed by atoms with Gasteiger partial charge in [-0.2, -0.15) is 0 Å². The van der Waals surface area contributed by atoms with Crippen molar-refractivity contribution in [3.63, 3.8) is 0 Å². The molecular formula is C21H27FN2O. The molecule has 0 atom stereocenters. The fraction of sp³-hybridized carbons (Fsp3) is 0.429. The number of halogens is 1. The van der Waals surface area contributed by atoms with E-state index in [-0.39, 0.29) is 11.4 Å². The first kappa shape index (κ1) is 17.9. The van der Waals surface area contributed by atoms with Crippen molar-refractivity contribution in [3.8, 4) is 0 Å². The van der Waals surface area contributed by atoms with Crippen LogP contribution in [0.5, 0.6) is 0 Å². The van der Waals surface area contributed by atoms with Crippen molar-refractivity contribution in [2.45, 2.75) is 31.8 Å². The average Bonchev–Trinajstić information content (AvgIpc) is 2.65. The third-order valence-electron chi connectivity index (χ3n) is 4.90. The molecule has 0 bridgehead atoms. The SMILES string of the molecule is CCOCC1(Nc2ccc(F)cc2)CCN(Cc2ccccc2)CC1. The predicted octanol–water partition coefficient (Wildman–Crippen LogP) is 4.31. The van der Waals surface area contributed by atoms with E-state index in [4.69, 9.17) is 4.74 Å². The second-order valence-corrected chi connectivity index (χ2v) is 6.81. The van der Waals surface area contributed by atoms with Crippen molar-refractivity contribution in [1.82, 2.24) is 4.90 Å². The van der Waals surface area contributed by atoms with Crippen molar-refractivity contribution in [2.24, 2.45) is 0 Å². The molecule has 3 rings (SSSR count). The summed E-state index contributed by atoms with van der Waals surface area (Å²) in [6.45, 7) is 6.45. The highest BCUT2D eigenvalue weighted by atomic mass is 19.1. The molecule has 4 heteroatoms. The van der Waals surface area contributed by atoms with Crippen LogP contribution < -0.4 is 5.32 Å². The summed E-state index contributed by atoms with van der Waals surface area (Å²) in [5.74, 6) is -0.206. The second kappa shape index (κ2) is 8.45. The number of benzene rings is 2. The fourth-order valence-electron chi connectivity index (χ4n) is 3.42. The van der Waals surface area contributed by atoms with Crippen LogP contribution in [-0.4, -0.2) is 36.7 Å². The van der Waals surface area contributed by atoms with Crippen LogP contribution in [0.4, 0.5) is 10.1 Å². The van der Waals surface area contributed by atoms with Gasteiger partial charge in [-0.25, -0.2) is 4.39 Å². The number of ether oxygens (including phenoxy) is 1. The molecule has 0 radical (unpaired) electrons. The Kier molecular flexibility index (Phi) is 6.05. The lowest BCUT2D eigenvalue weighted by Crippen LogP contribution is -2.52. The molecule has 0 amide bonds. The van der Waals surface area contributed by atoms with Gasteiger partial charge in [-0.15, -0.1) is 0 Å². The Morgan fingerprint density at radius 1 is 1.04 bits per heavy atom. The van der Waals surface area contributed by atoms with Gasteiger partial charge in [-0.1, -0.05) is 30.3 Å². The molecule has 1 aliphatic rings. The van der Waals surface area contributed by atoms with Crippen molar-refractivity contribution in [1.29, 1.82) is 0 Å². The minimum Gasteiger partial charge on any atom is -0.379 e. The van der Waals surface area contributed by atoms with E-state index in [1.165, 1.54) is 17.7 Å². The molecule has 1 fully saturated rings. The number of nitrogens with one attached hydrogen (secondary N) is 1. The van der Waals surface area contributed by atoms with E-state index in [9.17, 15) is 4.39 Å². The summed E-state index contributed by atoms with van der Waals surface area (Å²) in [6.07, 6.45) is 2.02. The number of rotatable bonds is 7. The van der Waals surface area contributed by atoms with E-state index < -0.39 is 0 Å². The highest BCUT2D eigenvalue weighted by molar-refractivity contribution is 5.45. The van der Waals surface area contributed by atoms with Crippen molar-refractivity contribution in [3.05, 3.63) is 66.0 Å². The molecule has 0 aromatic heterocycles. The zero-order valence-corrected chi connectivity index (χ0v) is 14.9. The monoisotopic (exact) mass is 342 g/mol. The van der Waals surface area contributed by atoms with Gasteiger partial charge < -0.3 is 10.1 Å². The molecule has 0 aliphatic carbocycles. The number of anilines is 1. The van der Waals surface area contributed by atoms with Crippen molar-refractivity contribution < 1.29 is 9.13 Å². The summed E-state index contributed by atoms with van der Waals surface area (Å²) in [5, 5.41) is 3.62. The van der Waals surface area contributed by atoms with E-state index in [1.807, 2.05) is 6.92 Å². The van der Waals surface area contributed by atoms with Crippen LogP contribution in [0.25, 0.3) is 0 Å². The van der Waals surface area contributed by atoms with Gasteiger partial charge in [-0.3, -0.25) is 4.90 Å². The maximum atomic E-state index is 13.2.